The lowest BCUT2D eigenvalue weighted by molar-refractivity contribution is 0.855. The number of halogens is 1. The van der Waals surface area contributed by atoms with Gasteiger partial charge in [-0.2, -0.15) is 0 Å². The second kappa shape index (κ2) is 4.03. The Morgan fingerprint density at radius 1 is 1.62 bits per heavy atom. The van der Waals surface area contributed by atoms with Crippen molar-refractivity contribution in [2.75, 3.05) is 12.8 Å². The van der Waals surface area contributed by atoms with Crippen LogP contribution in [0.25, 0.3) is 0 Å². The van der Waals surface area contributed by atoms with Crippen LogP contribution >= 0.6 is 34.7 Å². The van der Waals surface area contributed by atoms with E-state index < -0.39 is 0 Å². The largest absolute Gasteiger partial charge is 0.278 e. The zero-order valence-electron chi connectivity index (χ0n) is 7.34. The van der Waals surface area contributed by atoms with Gasteiger partial charge in [-0.1, -0.05) is 11.6 Å². The maximum atomic E-state index is 5.98. The van der Waals surface area contributed by atoms with Gasteiger partial charge in [0.05, 0.1) is 9.38 Å². The highest BCUT2D eigenvalue weighted by Crippen LogP contribution is 2.31. The second-order valence-corrected chi connectivity index (χ2v) is 5.44. The lowest BCUT2D eigenvalue weighted by Gasteiger charge is -1.98. The quantitative estimate of drug-likeness (QED) is 0.666. The molecule has 0 N–H and O–H groups in total. The van der Waals surface area contributed by atoms with Crippen LogP contribution in [0.5, 0.6) is 0 Å². The predicted octanol–water partition coefficient (Wildman–Crippen LogP) is 3.46. The Balaban J connectivity index is 2.46. The first kappa shape index (κ1) is 9.56. The normalized spacial score (nSPS) is 16.3. The standard InChI is InChI=1S/C9H10ClNS2/c1-12-9-6-5-8(10)13-7(6)3-2-4-11-9/h5H,2-4H2,1H3. The number of rotatable bonds is 0. The van der Waals surface area contributed by atoms with Gasteiger partial charge in [-0.25, -0.2) is 0 Å². The third-order valence-electron chi connectivity index (χ3n) is 2.02. The zero-order valence-corrected chi connectivity index (χ0v) is 9.73. The molecule has 0 unspecified atom stereocenters. The second-order valence-electron chi connectivity index (χ2n) is 2.88. The van der Waals surface area contributed by atoms with Crippen molar-refractivity contribution in [3.63, 3.8) is 0 Å². The van der Waals surface area contributed by atoms with Gasteiger partial charge < -0.3 is 0 Å². The number of thioether (sulfide) groups is 1. The third kappa shape index (κ3) is 1.92. The fraction of sp³-hybridized carbons (Fsp3) is 0.444. The highest BCUT2D eigenvalue weighted by Gasteiger charge is 2.15. The maximum Gasteiger partial charge on any atom is 0.0985 e. The summed E-state index contributed by atoms with van der Waals surface area (Å²) in [6, 6.07) is 2.04. The molecule has 0 aromatic carbocycles. The first-order chi connectivity index (χ1) is 6.31. The van der Waals surface area contributed by atoms with Crippen molar-refractivity contribution in [3.8, 4) is 0 Å². The minimum Gasteiger partial charge on any atom is -0.278 e. The molecule has 0 fully saturated rings. The summed E-state index contributed by atoms with van der Waals surface area (Å²) in [5.74, 6) is 0. The van der Waals surface area contributed by atoms with E-state index in [1.807, 2.05) is 6.07 Å². The Kier molecular flexibility index (Phi) is 2.96. The van der Waals surface area contributed by atoms with Gasteiger partial charge in [-0.05, 0) is 25.2 Å². The van der Waals surface area contributed by atoms with Crippen LogP contribution < -0.4 is 0 Å². The van der Waals surface area contributed by atoms with Gasteiger partial charge in [-0.3, -0.25) is 4.99 Å². The minimum absolute atomic E-state index is 0.883. The number of aryl methyl sites for hydroxylation is 1. The van der Waals surface area contributed by atoms with Gasteiger partial charge in [0.25, 0.3) is 0 Å². The Morgan fingerprint density at radius 3 is 3.23 bits per heavy atom. The Bertz CT molecular complexity index is 343. The number of hydrogen-bond donors (Lipinski definition) is 0. The van der Waals surface area contributed by atoms with Gasteiger partial charge in [0, 0.05) is 17.0 Å². The summed E-state index contributed by atoms with van der Waals surface area (Å²) in [4.78, 5) is 5.92. The molecule has 1 aliphatic heterocycles. The molecule has 0 bridgehead atoms. The monoisotopic (exact) mass is 231 g/mol. The molecule has 0 amide bonds. The van der Waals surface area contributed by atoms with E-state index in [1.165, 1.54) is 10.4 Å². The predicted molar refractivity (Wildman–Crippen MR) is 62.6 cm³/mol. The van der Waals surface area contributed by atoms with Crippen LogP contribution in [0.4, 0.5) is 0 Å². The summed E-state index contributed by atoms with van der Waals surface area (Å²) in [5.41, 5.74) is 1.26. The molecular weight excluding hydrogens is 222 g/mol. The van der Waals surface area contributed by atoms with E-state index in [1.54, 1.807) is 23.1 Å². The smallest absolute Gasteiger partial charge is 0.0985 e. The molecular formula is C9H10ClNS2. The van der Waals surface area contributed by atoms with Gasteiger partial charge >= 0.3 is 0 Å². The minimum atomic E-state index is 0.883. The van der Waals surface area contributed by atoms with E-state index >= 15 is 0 Å². The fourth-order valence-electron chi connectivity index (χ4n) is 1.44. The molecule has 2 rings (SSSR count). The number of hydrogen-bond acceptors (Lipinski definition) is 3. The molecule has 1 nitrogen and oxygen atoms in total. The SMILES string of the molecule is CSC1=NCCCc2sc(Cl)cc21. The Labute approximate surface area is 91.2 Å². The van der Waals surface area contributed by atoms with Crippen molar-refractivity contribution >= 4 is 39.7 Å². The van der Waals surface area contributed by atoms with Crippen LogP contribution in [-0.4, -0.2) is 17.8 Å². The van der Waals surface area contributed by atoms with E-state index in [9.17, 15) is 0 Å². The van der Waals surface area contributed by atoms with E-state index in [-0.39, 0.29) is 0 Å². The van der Waals surface area contributed by atoms with Crippen molar-refractivity contribution in [3.05, 3.63) is 20.8 Å². The van der Waals surface area contributed by atoms with Crippen LogP contribution in [0.3, 0.4) is 0 Å². The van der Waals surface area contributed by atoms with Gasteiger partial charge in [0.2, 0.25) is 0 Å². The molecule has 2 heterocycles. The molecule has 0 saturated heterocycles. The van der Waals surface area contributed by atoms with Gasteiger partial charge in [0.1, 0.15) is 0 Å². The van der Waals surface area contributed by atoms with E-state index in [4.69, 9.17) is 11.6 Å². The highest BCUT2D eigenvalue weighted by molar-refractivity contribution is 8.13. The van der Waals surface area contributed by atoms with Gasteiger partial charge in [-0.15, -0.1) is 23.1 Å². The summed E-state index contributed by atoms with van der Waals surface area (Å²) < 4.78 is 0.883. The molecule has 0 atom stereocenters. The molecule has 0 aliphatic carbocycles. The van der Waals surface area contributed by atoms with Crippen molar-refractivity contribution in [2.24, 2.45) is 4.99 Å². The lowest BCUT2D eigenvalue weighted by atomic mass is 10.2. The van der Waals surface area contributed by atoms with Crippen molar-refractivity contribution in [1.29, 1.82) is 0 Å². The number of fused-ring (bicyclic) bond motifs is 1. The van der Waals surface area contributed by atoms with Crippen LogP contribution in [0, 0.1) is 0 Å². The Morgan fingerprint density at radius 2 is 2.46 bits per heavy atom. The summed E-state index contributed by atoms with van der Waals surface area (Å²) in [5, 5.41) is 1.15. The number of nitrogens with zero attached hydrogens (tertiary/aromatic N) is 1. The Hall–Kier alpha value is 0.01000. The summed E-state index contributed by atoms with van der Waals surface area (Å²) >= 11 is 9.39. The molecule has 1 aromatic rings. The summed E-state index contributed by atoms with van der Waals surface area (Å²) in [6.07, 6.45) is 4.34. The van der Waals surface area contributed by atoms with E-state index in [0.29, 0.717) is 0 Å². The number of thiophene rings is 1. The third-order valence-corrected chi connectivity index (χ3v) is 4.08. The first-order valence-electron chi connectivity index (χ1n) is 4.18. The molecule has 0 spiro atoms. The summed E-state index contributed by atoms with van der Waals surface area (Å²) in [6.45, 7) is 0.954. The molecule has 70 valence electrons. The fourth-order valence-corrected chi connectivity index (χ4v) is 3.44. The topological polar surface area (TPSA) is 12.4 Å². The van der Waals surface area contributed by atoms with Crippen LogP contribution in [0.15, 0.2) is 11.1 Å². The highest BCUT2D eigenvalue weighted by atomic mass is 35.5. The van der Waals surface area contributed by atoms with E-state index in [2.05, 4.69) is 11.2 Å². The van der Waals surface area contributed by atoms with Crippen LogP contribution in [0.2, 0.25) is 4.34 Å². The molecule has 4 heteroatoms. The lowest BCUT2D eigenvalue weighted by Crippen LogP contribution is -1.93. The average Bonchev–Trinajstić information content (AvgIpc) is 2.37. The molecule has 1 aliphatic rings. The van der Waals surface area contributed by atoms with Crippen molar-refractivity contribution < 1.29 is 0 Å². The molecule has 13 heavy (non-hydrogen) atoms. The zero-order chi connectivity index (χ0) is 9.26. The van der Waals surface area contributed by atoms with Crippen LogP contribution in [0.1, 0.15) is 16.9 Å². The molecule has 1 aromatic heterocycles. The van der Waals surface area contributed by atoms with Crippen molar-refractivity contribution in [1.82, 2.24) is 0 Å². The van der Waals surface area contributed by atoms with Gasteiger partial charge in [0.15, 0.2) is 0 Å². The maximum absolute atomic E-state index is 5.98. The van der Waals surface area contributed by atoms with Crippen molar-refractivity contribution in [2.45, 2.75) is 12.8 Å². The molecule has 0 radical (unpaired) electrons. The average molecular weight is 232 g/mol. The van der Waals surface area contributed by atoms with E-state index in [0.717, 1.165) is 28.8 Å². The van der Waals surface area contributed by atoms with Crippen LogP contribution in [-0.2, 0) is 6.42 Å². The first-order valence-corrected chi connectivity index (χ1v) is 6.60. The molecule has 0 saturated carbocycles. The summed E-state index contributed by atoms with van der Waals surface area (Å²) in [7, 11) is 0. The number of aliphatic imine (C=N–C) groups is 1.